The van der Waals surface area contributed by atoms with Gasteiger partial charge in [0.1, 0.15) is 41.1 Å². The number of benzene rings is 2. The number of likely N-dealkylation sites (tertiary alicyclic amines) is 1. The van der Waals surface area contributed by atoms with Crippen LogP contribution >= 0.6 is 11.3 Å². The lowest BCUT2D eigenvalue weighted by molar-refractivity contribution is -0.146. The Morgan fingerprint density at radius 3 is 2.13 bits per heavy atom. The molecule has 1 fully saturated rings. The van der Waals surface area contributed by atoms with Crippen LogP contribution in [0.5, 0.6) is 5.75 Å². The average molecular weight is 1070 g/mol. The molecule has 0 spiro atoms. The number of rotatable bonds is 29. The number of nitrogens with zero attached hydrogens (tertiary/aromatic N) is 6. The fourth-order valence-corrected chi connectivity index (χ4v) is 8.98. The predicted molar refractivity (Wildman–Crippen MR) is 282 cm³/mol. The molecule has 0 saturated carbocycles. The fourth-order valence-electron chi connectivity index (χ4n) is 8.17. The number of Topliss-reactive ketones (excluding diaryl/α,β-unsaturated/α-hetero) is 1. The van der Waals surface area contributed by atoms with Crippen LogP contribution < -0.4 is 20.9 Å². The number of aliphatic hydroxyl groups is 1. The summed E-state index contributed by atoms with van der Waals surface area (Å²) in [6.45, 7) is 11.6. The molecule has 3 atom stereocenters. The molecule has 1 aliphatic heterocycles. The second-order valence-corrected chi connectivity index (χ2v) is 20.0. The summed E-state index contributed by atoms with van der Waals surface area (Å²) in [5.41, 5.74) is 6.00. The number of ketones is 1. The third-order valence-corrected chi connectivity index (χ3v) is 13.3. The summed E-state index contributed by atoms with van der Waals surface area (Å²) >= 11 is 1.57. The van der Waals surface area contributed by atoms with Crippen molar-refractivity contribution in [2.24, 2.45) is 18.4 Å². The summed E-state index contributed by atoms with van der Waals surface area (Å²) in [6.07, 6.45) is 0.867. The van der Waals surface area contributed by atoms with Crippen LogP contribution in [0.3, 0.4) is 0 Å². The number of ether oxygens (including phenoxy) is 6. The van der Waals surface area contributed by atoms with E-state index in [4.69, 9.17) is 32.8 Å². The van der Waals surface area contributed by atoms with Gasteiger partial charge in [0.25, 0.3) is 11.5 Å². The van der Waals surface area contributed by atoms with Gasteiger partial charge in [-0.2, -0.15) is 5.10 Å². The summed E-state index contributed by atoms with van der Waals surface area (Å²) in [6, 6.07) is 18.2. The standard InChI is InChI=1S/C54H66N8O13S/c1-35-49(76-34-57-35)37-8-6-36(7-9-37)31-56-51(67)46-30-40(64)33-62(46)53(68)42(54(2,3)4)29-39(63)16-17-69-18-19-70-20-21-71-22-23-72-24-25-73-26-27-74-41-11-12-43(55-32-41)50(66)58-38-10-14-47-45(28-38)59-52(75-47)44-13-15-48(65)61(5)60-44/h6-15,28,32,34,40,42,46,64H,16-27,29-31,33H2,1-5H3,(H,56,67)(H,58,66)/t40-,42-,46+/m1/s1. The third kappa shape index (κ3) is 16.6. The Kier molecular flexibility index (Phi) is 20.8. The van der Waals surface area contributed by atoms with Crippen molar-refractivity contribution in [2.75, 3.05) is 84.5 Å². The normalized spacial score (nSPS) is 15.0. The maximum Gasteiger partial charge on any atom is 0.274 e. The number of aliphatic hydroxyl groups excluding tert-OH is 1. The molecule has 0 bridgehead atoms. The van der Waals surface area contributed by atoms with E-state index in [1.54, 1.807) is 41.7 Å². The van der Waals surface area contributed by atoms with Gasteiger partial charge in [-0.25, -0.2) is 19.6 Å². The van der Waals surface area contributed by atoms with Crippen molar-refractivity contribution in [3.05, 3.63) is 106 Å². The number of amides is 3. The highest BCUT2D eigenvalue weighted by atomic mass is 32.1. The van der Waals surface area contributed by atoms with Crippen molar-refractivity contribution in [1.82, 2.24) is 34.9 Å². The smallest absolute Gasteiger partial charge is 0.274 e. The summed E-state index contributed by atoms with van der Waals surface area (Å²) in [7, 11) is 1.54. The Hall–Kier alpha value is -6.79. The van der Waals surface area contributed by atoms with E-state index < -0.39 is 29.4 Å². The van der Waals surface area contributed by atoms with Crippen molar-refractivity contribution in [1.29, 1.82) is 0 Å². The van der Waals surface area contributed by atoms with Gasteiger partial charge in [0.05, 0.1) is 94.5 Å². The van der Waals surface area contributed by atoms with Gasteiger partial charge < -0.3 is 53.5 Å². The van der Waals surface area contributed by atoms with Crippen molar-refractivity contribution in [3.63, 3.8) is 0 Å². The summed E-state index contributed by atoms with van der Waals surface area (Å²) in [5.74, 6) is -1.16. The lowest BCUT2D eigenvalue weighted by Gasteiger charge is -2.34. The molecule has 21 nitrogen and oxygen atoms in total. The molecule has 3 amide bonds. The molecule has 406 valence electrons. The van der Waals surface area contributed by atoms with Crippen LogP contribution in [0.4, 0.5) is 5.69 Å². The van der Waals surface area contributed by atoms with Gasteiger partial charge in [0.2, 0.25) is 17.7 Å². The first-order chi connectivity index (χ1) is 36.6. The first kappa shape index (κ1) is 56.9. The zero-order valence-electron chi connectivity index (χ0n) is 43.5. The van der Waals surface area contributed by atoms with Gasteiger partial charge in [0, 0.05) is 57.1 Å². The zero-order chi connectivity index (χ0) is 54.0. The van der Waals surface area contributed by atoms with E-state index in [2.05, 4.69) is 30.7 Å². The fraction of sp³-hybridized carbons (Fsp3) is 0.463. The number of thiazole rings is 1. The topological polar surface area (TPSA) is 258 Å². The molecule has 2 aromatic carbocycles. The molecule has 0 aliphatic carbocycles. The first-order valence-electron chi connectivity index (χ1n) is 25.1. The summed E-state index contributed by atoms with van der Waals surface area (Å²) in [5, 5.41) is 20.5. The summed E-state index contributed by atoms with van der Waals surface area (Å²) in [4.78, 5) is 80.6. The van der Waals surface area contributed by atoms with Gasteiger partial charge >= 0.3 is 0 Å². The molecule has 76 heavy (non-hydrogen) atoms. The minimum absolute atomic E-state index is 0.00491. The predicted octanol–water partition coefficient (Wildman–Crippen LogP) is 5.42. The Morgan fingerprint density at radius 2 is 1.51 bits per heavy atom. The maximum atomic E-state index is 14.0. The largest absolute Gasteiger partial charge is 0.490 e. The lowest BCUT2D eigenvalue weighted by Crippen LogP contribution is -2.50. The number of fused-ring (bicyclic) bond motifs is 1. The summed E-state index contributed by atoms with van der Waals surface area (Å²) < 4.78 is 40.5. The highest BCUT2D eigenvalue weighted by Crippen LogP contribution is 2.34. The van der Waals surface area contributed by atoms with Crippen LogP contribution in [0, 0.1) is 18.3 Å². The minimum atomic E-state index is -0.843. The van der Waals surface area contributed by atoms with Crippen LogP contribution in [-0.2, 0) is 51.7 Å². The number of hydrogen-bond acceptors (Lipinski definition) is 18. The molecule has 22 heteroatoms. The number of nitrogens with one attached hydrogen (secondary N) is 2. The van der Waals surface area contributed by atoms with Crippen molar-refractivity contribution in [3.8, 4) is 27.8 Å². The van der Waals surface area contributed by atoms with E-state index in [9.17, 15) is 29.1 Å². The van der Waals surface area contributed by atoms with Gasteiger partial charge in [-0.05, 0) is 59.9 Å². The number of aromatic nitrogens is 5. The molecule has 6 aromatic rings. The molecule has 3 N–H and O–H groups in total. The zero-order valence-corrected chi connectivity index (χ0v) is 44.3. The van der Waals surface area contributed by atoms with E-state index in [0.717, 1.165) is 21.7 Å². The number of carbonyl (C=O) groups is 4. The number of β-amino-alcohol motifs (C(OH)–C–C–N with tert-alkyl or cyclic N) is 1. The van der Waals surface area contributed by atoms with Crippen LogP contribution in [0.15, 0.2) is 87.6 Å². The number of oxazole rings is 1. The molecule has 5 heterocycles. The van der Waals surface area contributed by atoms with E-state index in [1.165, 1.54) is 35.0 Å². The third-order valence-electron chi connectivity index (χ3n) is 12.4. The van der Waals surface area contributed by atoms with Crippen molar-refractivity contribution >= 4 is 51.6 Å². The average Bonchev–Trinajstić information content (AvgIpc) is 4.16. The second-order valence-electron chi connectivity index (χ2n) is 19.1. The van der Waals surface area contributed by atoms with E-state index in [-0.39, 0.29) is 86.9 Å². The van der Waals surface area contributed by atoms with Crippen LogP contribution in [-0.4, -0.2) is 150 Å². The highest BCUT2D eigenvalue weighted by molar-refractivity contribution is 7.13. The molecular formula is C54H66N8O13S. The Morgan fingerprint density at radius 1 is 0.842 bits per heavy atom. The number of hydrogen-bond donors (Lipinski definition) is 3. The molecular weight excluding hydrogens is 1000 g/mol. The van der Waals surface area contributed by atoms with Gasteiger partial charge in [-0.1, -0.05) is 45.0 Å². The number of pyridine rings is 1. The van der Waals surface area contributed by atoms with E-state index >= 15 is 0 Å². The SMILES string of the molecule is Cc1ncsc1-c1ccc(CNC(=O)[C@@H]2C[C@@H](O)CN2C(=O)[C@@H](CC(=O)CCOCCOCCOCCOCCOCCOc2ccc(C(=O)Nc3ccc4oc(-c5ccc(=O)n(C)n5)nc4c3)nc2)C(C)(C)C)cc1. The minimum Gasteiger partial charge on any atom is -0.490 e. The van der Waals surface area contributed by atoms with Crippen LogP contribution in [0.2, 0.25) is 0 Å². The molecule has 1 saturated heterocycles. The van der Waals surface area contributed by atoms with E-state index in [1.807, 2.05) is 57.5 Å². The monoisotopic (exact) mass is 1070 g/mol. The van der Waals surface area contributed by atoms with Gasteiger partial charge in [-0.15, -0.1) is 11.3 Å². The molecule has 7 rings (SSSR count). The van der Waals surface area contributed by atoms with Gasteiger partial charge in [-0.3, -0.25) is 24.0 Å². The number of carbonyl (C=O) groups excluding carboxylic acids is 4. The molecule has 1 aliphatic rings. The molecule has 4 aromatic heterocycles. The highest BCUT2D eigenvalue weighted by Gasteiger charge is 2.44. The molecule has 0 unspecified atom stereocenters. The lowest BCUT2D eigenvalue weighted by atomic mass is 9.76. The molecule has 0 radical (unpaired) electrons. The quantitative estimate of drug-likeness (QED) is 0.0496. The van der Waals surface area contributed by atoms with Crippen LogP contribution in [0.25, 0.3) is 33.1 Å². The second kappa shape index (κ2) is 27.8. The maximum absolute atomic E-state index is 14.0. The van der Waals surface area contributed by atoms with Crippen molar-refractivity contribution in [2.45, 2.75) is 65.6 Å². The Balaban J connectivity index is 0.673. The van der Waals surface area contributed by atoms with Gasteiger partial charge in [0.15, 0.2) is 5.58 Å². The first-order valence-corrected chi connectivity index (χ1v) is 26.0. The van der Waals surface area contributed by atoms with E-state index in [0.29, 0.717) is 81.1 Å². The van der Waals surface area contributed by atoms with Crippen molar-refractivity contribution < 1.29 is 57.1 Å². The Labute approximate surface area is 444 Å². The number of aryl methyl sites for hydroxylation is 2. The Bertz CT molecular complexity index is 2920. The van der Waals surface area contributed by atoms with Crippen LogP contribution in [0.1, 0.15) is 61.8 Å². The number of anilines is 1.